The van der Waals surface area contributed by atoms with E-state index in [1.54, 1.807) is 13.2 Å². The van der Waals surface area contributed by atoms with Gasteiger partial charge >= 0.3 is 0 Å². The third-order valence-electron chi connectivity index (χ3n) is 2.44. The average Bonchev–Trinajstić information content (AvgIpc) is 2.69. The van der Waals surface area contributed by atoms with Gasteiger partial charge in [0, 0.05) is 31.2 Å². The Bertz CT molecular complexity index is 475. The Hall–Kier alpha value is -1.84. The van der Waals surface area contributed by atoms with Gasteiger partial charge in [0.05, 0.1) is 0 Å². The molecule has 0 spiro atoms. The minimum absolute atomic E-state index is 0.0632. The van der Waals surface area contributed by atoms with Crippen LogP contribution in [0.3, 0.4) is 0 Å². The highest BCUT2D eigenvalue weighted by molar-refractivity contribution is 5.81. The van der Waals surface area contributed by atoms with Crippen LogP contribution in [0.25, 0.3) is 11.0 Å². The van der Waals surface area contributed by atoms with Crippen molar-refractivity contribution in [2.75, 3.05) is 7.05 Å². The summed E-state index contributed by atoms with van der Waals surface area (Å²) < 4.78 is 0. The number of pyridine rings is 1. The van der Waals surface area contributed by atoms with Crippen LogP contribution in [-0.2, 0) is 11.2 Å². The van der Waals surface area contributed by atoms with E-state index in [2.05, 4.69) is 15.3 Å². The van der Waals surface area contributed by atoms with Gasteiger partial charge in [0.25, 0.3) is 0 Å². The Kier molecular flexibility index (Phi) is 2.67. The van der Waals surface area contributed by atoms with Crippen molar-refractivity contribution < 1.29 is 4.79 Å². The Labute approximate surface area is 87.7 Å². The van der Waals surface area contributed by atoms with Gasteiger partial charge in [-0.15, -0.1) is 0 Å². The first-order valence-electron chi connectivity index (χ1n) is 4.93. The van der Waals surface area contributed by atoms with Crippen LogP contribution in [0, 0.1) is 0 Å². The van der Waals surface area contributed by atoms with Gasteiger partial charge in [-0.05, 0) is 24.1 Å². The quantitative estimate of drug-likeness (QED) is 0.788. The van der Waals surface area contributed by atoms with Crippen molar-refractivity contribution in [3.8, 4) is 0 Å². The van der Waals surface area contributed by atoms with Crippen LogP contribution in [0.15, 0.2) is 24.5 Å². The molecule has 0 bridgehead atoms. The van der Waals surface area contributed by atoms with E-state index in [0.29, 0.717) is 6.42 Å². The molecule has 2 aromatic rings. The summed E-state index contributed by atoms with van der Waals surface area (Å²) >= 11 is 0. The van der Waals surface area contributed by atoms with Gasteiger partial charge in [-0.25, -0.2) is 4.98 Å². The summed E-state index contributed by atoms with van der Waals surface area (Å²) in [6, 6.07) is 3.91. The van der Waals surface area contributed by atoms with E-state index in [0.717, 1.165) is 23.0 Å². The number of hydrogen-bond donors (Lipinski definition) is 2. The van der Waals surface area contributed by atoms with Crippen molar-refractivity contribution in [2.24, 2.45) is 0 Å². The Morgan fingerprint density at radius 3 is 3.27 bits per heavy atom. The van der Waals surface area contributed by atoms with E-state index < -0.39 is 0 Å². The fourth-order valence-corrected chi connectivity index (χ4v) is 1.59. The molecule has 4 nitrogen and oxygen atoms in total. The molecule has 0 unspecified atom stereocenters. The van der Waals surface area contributed by atoms with E-state index in [4.69, 9.17) is 0 Å². The minimum atomic E-state index is 0.0632. The second-order valence-electron chi connectivity index (χ2n) is 3.39. The predicted octanol–water partition coefficient (Wildman–Crippen LogP) is 1.24. The lowest BCUT2D eigenvalue weighted by Crippen LogP contribution is -2.17. The molecule has 78 valence electrons. The summed E-state index contributed by atoms with van der Waals surface area (Å²) in [5.41, 5.74) is 2.02. The molecule has 0 fully saturated rings. The lowest BCUT2D eigenvalue weighted by molar-refractivity contribution is -0.120. The highest BCUT2D eigenvalue weighted by Gasteiger charge is 2.05. The summed E-state index contributed by atoms with van der Waals surface area (Å²) in [4.78, 5) is 18.4. The number of rotatable bonds is 3. The second-order valence-corrected chi connectivity index (χ2v) is 3.39. The molecule has 2 heterocycles. The number of amides is 1. The van der Waals surface area contributed by atoms with Crippen molar-refractivity contribution in [2.45, 2.75) is 12.8 Å². The van der Waals surface area contributed by atoms with Crippen LogP contribution in [0.1, 0.15) is 12.0 Å². The van der Waals surface area contributed by atoms with Crippen LogP contribution in [-0.4, -0.2) is 22.9 Å². The number of aromatic amines is 1. The van der Waals surface area contributed by atoms with Crippen molar-refractivity contribution >= 4 is 16.9 Å². The molecule has 0 aliphatic heterocycles. The summed E-state index contributed by atoms with van der Waals surface area (Å²) in [5, 5.41) is 3.71. The number of nitrogens with zero attached hydrogens (tertiary/aromatic N) is 1. The molecule has 0 saturated heterocycles. The van der Waals surface area contributed by atoms with Crippen molar-refractivity contribution in [1.29, 1.82) is 0 Å². The van der Waals surface area contributed by atoms with Gasteiger partial charge in [0.2, 0.25) is 5.91 Å². The number of carbonyl (C=O) groups excluding carboxylic acids is 1. The van der Waals surface area contributed by atoms with Crippen molar-refractivity contribution in [1.82, 2.24) is 15.3 Å². The molecular weight excluding hydrogens is 190 g/mol. The van der Waals surface area contributed by atoms with E-state index in [1.165, 1.54) is 0 Å². The maximum Gasteiger partial charge on any atom is 0.220 e. The summed E-state index contributed by atoms with van der Waals surface area (Å²) in [5.74, 6) is 0.0632. The third kappa shape index (κ3) is 1.98. The van der Waals surface area contributed by atoms with Crippen LogP contribution >= 0.6 is 0 Å². The average molecular weight is 203 g/mol. The van der Waals surface area contributed by atoms with Crippen LogP contribution in [0.5, 0.6) is 0 Å². The maximum absolute atomic E-state index is 11.1. The summed E-state index contributed by atoms with van der Waals surface area (Å²) in [7, 11) is 1.65. The van der Waals surface area contributed by atoms with Crippen LogP contribution in [0.2, 0.25) is 0 Å². The highest BCUT2D eigenvalue weighted by Crippen LogP contribution is 2.16. The number of fused-ring (bicyclic) bond motifs is 1. The van der Waals surface area contributed by atoms with Gasteiger partial charge in [0.15, 0.2) is 0 Å². The van der Waals surface area contributed by atoms with Gasteiger partial charge in [-0.3, -0.25) is 4.79 Å². The van der Waals surface area contributed by atoms with Crippen molar-refractivity contribution in [3.63, 3.8) is 0 Å². The van der Waals surface area contributed by atoms with Crippen molar-refractivity contribution in [3.05, 3.63) is 30.1 Å². The topological polar surface area (TPSA) is 57.8 Å². The van der Waals surface area contributed by atoms with E-state index in [9.17, 15) is 4.79 Å². The fourth-order valence-electron chi connectivity index (χ4n) is 1.59. The van der Waals surface area contributed by atoms with Crippen LogP contribution in [0.4, 0.5) is 0 Å². The zero-order valence-electron chi connectivity index (χ0n) is 8.58. The van der Waals surface area contributed by atoms with Gasteiger partial charge in [-0.2, -0.15) is 0 Å². The molecule has 0 aromatic carbocycles. The molecular formula is C11H13N3O. The molecule has 15 heavy (non-hydrogen) atoms. The smallest absolute Gasteiger partial charge is 0.220 e. The third-order valence-corrected chi connectivity index (χ3v) is 2.44. The first-order chi connectivity index (χ1) is 7.31. The number of carbonyl (C=O) groups is 1. The van der Waals surface area contributed by atoms with E-state index in [-0.39, 0.29) is 5.91 Å². The molecule has 2 rings (SSSR count). The first-order valence-corrected chi connectivity index (χ1v) is 4.93. The summed E-state index contributed by atoms with van der Waals surface area (Å²) in [6.45, 7) is 0. The molecule has 0 saturated carbocycles. The lowest BCUT2D eigenvalue weighted by Gasteiger charge is -1.98. The zero-order valence-corrected chi connectivity index (χ0v) is 8.58. The molecule has 0 atom stereocenters. The molecule has 0 aliphatic rings. The largest absolute Gasteiger partial charge is 0.359 e. The van der Waals surface area contributed by atoms with Gasteiger partial charge < -0.3 is 10.3 Å². The number of aromatic nitrogens is 2. The molecule has 0 aliphatic carbocycles. The molecule has 2 N–H and O–H groups in total. The molecule has 2 aromatic heterocycles. The molecule has 4 heteroatoms. The second kappa shape index (κ2) is 4.13. The zero-order chi connectivity index (χ0) is 10.7. The number of aryl methyl sites for hydroxylation is 1. The number of nitrogens with one attached hydrogen (secondary N) is 2. The monoisotopic (exact) mass is 203 g/mol. The maximum atomic E-state index is 11.1. The molecule has 0 radical (unpaired) electrons. The lowest BCUT2D eigenvalue weighted by atomic mass is 10.1. The number of H-pyrrole nitrogens is 1. The Morgan fingerprint density at radius 2 is 2.47 bits per heavy atom. The minimum Gasteiger partial charge on any atom is -0.359 e. The number of hydrogen-bond acceptors (Lipinski definition) is 2. The van der Waals surface area contributed by atoms with E-state index in [1.807, 2.05) is 18.3 Å². The normalized spacial score (nSPS) is 10.5. The van der Waals surface area contributed by atoms with E-state index >= 15 is 0 Å². The highest BCUT2D eigenvalue weighted by atomic mass is 16.1. The molecule has 1 amide bonds. The Balaban J connectivity index is 2.18. The van der Waals surface area contributed by atoms with Gasteiger partial charge in [-0.1, -0.05) is 0 Å². The fraction of sp³-hybridized carbons (Fsp3) is 0.273. The van der Waals surface area contributed by atoms with Crippen LogP contribution < -0.4 is 5.32 Å². The summed E-state index contributed by atoms with van der Waals surface area (Å²) in [6.07, 6.45) is 4.92. The predicted molar refractivity (Wildman–Crippen MR) is 58.5 cm³/mol. The Morgan fingerprint density at radius 1 is 1.60 bits per heavy atom. The standard InChI is InChI=1S/C11H13N3O/c1-12-10(15)5-4-8-7-14-11-9(8)3-2-6-13-11/h2-3,6-7H,4-5H2,1H3,(H,12,15)(H,13,14). The SMILES string of the molecule is CNC(=O)CCc1c[nH]c2ncccc12. The first kappa shape index (κ1) is 9.71. The van der Waals surface area contributed by atoms with Gasteiger partial charge in [0.1, 0.15) is 5.65 Å².